The van der Waals surface area contributed by atoms with E-state index in [4.69, 9.17) is 34.8 Å². The molecule has 12 heteroatoms. The van der Waals surface area contributed by atoms with Gasteiger partial charge in [-0.3, -0.25) is 9.52 Å². The number of nitrogens with zero attached hydrogens (tertiary/aromatic N) is 4. The highest BCUT2D eigenvalue weighted by Crippen LogP contribution is 2.36. The summed E-state index contributed by atoms with van der Waals surface area (Å²) >= 11 is 18.4. The largest absolute Gasteiger partial charge is 0.330 e. The molecular weight excluding hydrogens is 497 g/mol. The lowest BCUT2D eigenvalue weighted by Gasteiger charge is -2.38. The number of nitrogens with one attached hydrogen (secondary N) is 1. The van der Waals surface area contributed by atoms with Crippen molar-refractivity contribution in [3.63, 3.8) is 0 Å². The van der Waals surface area contributed by atoms with Crippen molar-refractivity contribution in [2.75, 3.05) is 17.5 Å². The molecule has 1 N–H and O–H groups in total. The Morgan fingerprint density at radius 1 is 1.16 bits per heavy atom. The van der Waals surface area contributed by atoms with Crippen LogP contribution < -0.4 is 4.72 Å². The van der Waals surface area contributed by atoms with E-state index in [2.05, 4.69) is 21.7 Å². The van der Waals surface area contributed by atoms with E-state index in [1.165, 1.54) is 28.8 Å². The zero-order valence-electron chi connectivity index (χ0n) is 17.2. The van der Waals surface area contributed by atoms with E-state index in [0.29, 0.717) is 34.5 Å². The number of carbonyl (C=O) groups excluding carboxylic acids is 1. The summed E-state index contributed by atoms with van der Waals surface area (Å²) in [4.78, 5) is 19.6. The van der Waals surface area contributed by atoms with Crippen molar-refractivity contribution >= 4 is 62.1 Å². The normalized spacial score (nSPS) is 19.3. The fourth-order valence-electron chi connectivity index (χ4n) is 3.91. The highest BCUT2D eigenvalue weighted by atomic mass is 35.5. The summed E-state index contributed by atoms with van der Waals surface area (Å²) in [6.07, 6.45) is 2.60. The fourth-order valence-corrected chi connectivity index (χ4v) is 5.13. The van der Waals surface area contributed by atoms with Crippen molar-refractivity contribution in [1.29, 1.82) is 0 Å². The molecule has 1 aliphatic heterocycles. The zero-order valence-corrected chi connectivity index (χ0v) is 20.3. The number of fused-ring (bicyclic) bond motifs is 1. The Kier molecular flexibility index (Phi) is 6.28. The Balaban J connectivity index is 1.76. The molecule has 1 fully saturated rings. The van der Waals surface area contributed by atoms with Crippen molar-refractivity contribution < 1.29 is 13.2 Å². The number of amides is 1. The van der Waals surface area contributed by atoms with Gasteiger partial charge in [0, 0.05) is 23.7 Å². The second-order valence-corrected chi connectivity index (χ2v) is 10.9. The molecule has 0 radical (unpaired) electrons. The molecule has 0 bridgehead atoms. The highest BCUT2D eigenvalue weighted by Gasteiger charge is 2.34. The first kappa shape index (κ1) is 23.1. The minimum absolute atomic E-state index is 0.171. The standard InChI is InChI=1S/C20H20Cl3N5O3S/c1-11-3-6-16(15-8-19-24-17(22)9-18(23)28(19)25-15)27(10-11)20(29)13-7-12(21)4-5-14(13)26-32(2,30)31/h4-5,7-9,11,16,26H,3,6,10H2,1-2H3. The number of rotatable bonds is 4. The number of hydrogen-bond donors (Lipinski definition) is 1. The molecule has 32 heavy (non-hydrogen) atoms. The third-order valence-corrected chi connectivity index (χ3v) is 6.59. The monoisotopic (exact) mass is 515 g/mol. The quantitative estimate of drug-likeness (QED) is 0.508. The first-order valence-corrected chi connectivity index (χ1v) is 12.8. The van der Waals surface area contributed by atoms with Gasteiger partial charge in [-0.25, -0.2) is 17.9 Å². The molecule has 1 aromatic carbocycles. The van der Waals surface area contributed by atoms with E-state index in [1.807, 2.05) is 0 Å². The van der Waals surface area contributed by atoms with Crippen LogP contribution in [-0.2, 0) is 10.0 Å². The van der Waals surface area contributed by atoms with E-state index in [0.717, 1.165) is 12.7 Å². The first-order valence-electron chi connectivity index (χ1n) is 9.82. The van der Waals surface area contributed by atoms with Crippen molar-refractivity contribution in [3.8, 4) is 0 Å². The molecule has 0 aliphatic carbocycles. The van der Waals surface area contributed by atoms with Crippen LogP contribution in [-0.4, -0.2) is 46.6 Å². The molecule has 0 spiro atoms. The van der Waals surface area contributed by atoms with Gasteiger partial charge in [-0.15, -0.1) is 0 Å². The van der Waals surface area contributed by atoms with Crippen LogP contribution in [0.4, 0.5) is 5.69 Å². The minimum atomic E-state index is -3.59. The third kappa shape index (κ3) is 4.80. The summed E-state index contributed by atoms with van der Waals surface area (Å²) in [6.45, 7) is 2.54. The first-order chi connectivity index (χ1) is 15.0. The summed E-state index contributed by atoms with van der Waals surface area (Å²) in [6, 6.07) is 7.38. The van der Waals surface area contributed by atoms with Gasteiger partial charge in [0.25, 0.3) is 5.91 Å². The molecule has 0 saturated carbocycles. The fraction of sp³-hybridized carbons (Fsp3) is 0.350. The number of sulfonamides is 1. The van der Waals surface area contributed by atoms with Crippen LogP contribution in [0.25, 0.3) is 5.65 Å². The molecule has 2 aromatic heterocycles. The van der Waals surface area contributed by atoms with E-state index >= 15 is 0 Å². The van der Waals surface area contributed by atoms with Gasteiger partial charge in [-0.1, -0.05) is 41.7 Å². The second kappa shape index (κ2) is 8.70. The molecule has 8 nitrogen and oxygen atoms in total. The van der Waals surface area contributed by atoms with Crippen LogP contribution >= 0.6 is 34.8 Å². The Bertz CT molecular complexity index is 1310. The number of benzene rings is 1. The Morgan fingerprint density at radius 2 is 1.91 bits per heavy atom. The van der Waals surface area contributed by atoms with Crippen LogP contribution in [0.3, 0.4) is 0 Å². The van der Waals surface area contributed by atoms with Crippen molar-refractivity contribution in [2.45, 2.75) is 25.8 Å². The Hall–Kier alpha value is -2.07. The molecule has 1 saturated heterocycles. The summed E-state index contributed by atoms with van der Waals surface area (Å²) in [5.41, 5.74) is 1.45. The van der Waals surface area contributed by atoms with Crippen LogP contribution in [0.2, 0.25) is 15.3 Å². The molecule has 2 unspecified atom stereocenters. The summed E-state index contributed by atoms with van der Waals surface area (Å²) in [5, 5.41) is 5.44. The number of aromatic nitrogens is 3. The van der Waals surface area contributed by atoms with Crippen LogP contribution in [0.15, 0.2) is 30.3 Å². The molecule has 170 valence electrons. The predicted molar refractivity (Wildman–Crippen MR) is 125 cm³/mol. The van der Waals surface area contributed by atoms with Crippen LogP contribution in [0, 0.1) is 5.92 Å². The molecular formula is C20H20Cl3N5O3S. The molecule has 4 rings (SSSR count). The van der Waals surface area contributed by atoms with Crippen molar-refractivity contribution in [3.05, 3.63) is 56.9 Å². The number of halogens is 3. The Morgan fingerprint density at radius 3 is 2.62 bits per heavy atom. The summed E-state index contributed by atoms with van der Waals surface area (Å²) in [5.74, 6) is -0.0850. The molecule has 1 amide bonds. The predicted octanol–water partition coefficient (Wildman–Crippen LogP) is 4.67. The van der Waals surface area contributed by atoms with Gasteiger partial charge in [0.05, 0.1) is 29.2 Å². The molecule has 2 atom stereocenters. The van der Waals surface area contributed by atoms with Gasteiger partial charge in [0.15, 0.2) is 5.65 Å². The lowest BCUT2D eigenvalue weighted by atomic mass is 9.91. The van der Waals surface area contributed by atoms with E-state index < -0.39 is 10.0 Å². The van der Waals surface area contributed by atoms with Crippen LogP contribution in [0.1, 0.15) is 41.9 Å². The maximum absolute atomic E-state index is 13.7. The van der Waals surface area contributed by atoms with Gasteiger partial charge < -0.3 is 4.90 Å². The number of piperidine rings is 1. The Labute approximate surface area is 200 Å². The smallest absolute Gasteiger partial charge is 0.256 e. The van der Waals surface area contributed by atoms with Crippen molar-refractivity contribution in [2.24, 2.45) is 5.92 Å². The third-order valence-electron chi connectivity index (χ3n) is 5.30. The number of anilines is 1. The molecule has 3 heterocycles. The second-order valence-electron chi connectivity index (χ2n) is 7.96. The van der Waals surface area contributed by atoms with E-state index in [-0.39, 0.29) is 34.3 Å². The average Bonchev–Trinajstić information content (AvgIpc) is 3.12. The average molecular weight is 517 g/mol. The topological polar surface area (TPSA) is 96.7 Å². The maximum atomic E-state index is 13.7. The zero-order chi connectivity index (χ0) is 23.2. The summed E-state index contributed by atoms with van der Waals surface area (Å²) < 4.78 is 27.5. The number of carbonyl (C=O) groups is 1. The highest BCUT2D eigenvalue weighted by molar-refractivity contribution is 7.92. The van der Waals surface area contributed by atoms with E-state index in [1.54, 1.807) is 11.0 Å². The van der Waals surface area contributed by atoms with Crippen molar-refractivity contribution in [1.82, 2.24) is 19.5 Å². The number of likely N-dealkylation sites (tertiary alicyclic amines) is 1. The van der Waals surface area contributed by atoms with Gasteiger partial charge in [-0.05, 0) is 37.0 Å². The van der Waals surface area contributed by atoms with Gasteiger partial charge >= 0.3 is 0 Å². The summed E-state index contributed by atoms with van der Waals surface area (Å²) in [7, 11) is -3.59. The van der Waals surface area contributed by atoms with Crippen LogP contribution in [0.5, 0.6) is 0 Å². The maximum Gasteiger partial charge on any atom is 0.256 e. The lowest BCUT2D eigenvalue weighted by Crippen LogP contribution is -2.42. The van der Waals surface area contributed by atoms with Gasteiger partial charge in [0.1, 0.15) is 10.3 Å². The molecule has 1 aliphatic rings. The lowest BCUT2D eigenvalue weighted by molar-refractivity contribution is 0.0538. The van der Waals surface area contributed by atoms with Gasteiger partial charge in [-0.2, -0.15) is 5.10 Å². The van der Waals surface area contributed by atoms with Gasteiger partial charge in [0.2, 0.25) is 10.0 Å². The molecule has 3 aromatic rings. The number of hydrogen-bond acceptors (Lipinski definition) is 5. The van der Waals surface area contributed by atoms with E-state index in [9.17, 15) is 13.2 Å². The SMILES string of the molecule is CC1CCC(c2cc3nc(Cl)cc(Cl)n3n2)N(C(=O)c2cc(Cl)ccc2NS(C)(=O)=O)C1. The minimum Gasteiger partial charge on any atom is -0.330 e.